The summed E-state index contributed by atoms with van der Waals surface area (Å²) in [6.45, 7) is 7.46. The normalized spacial score (nSPS) is 11.5. The van der Waals surface area contributed by atoms with Gasteiger partial charge in [-0.15, -0.1) is 11.3 Å². The van der Waals surface area contributed by atoms with E-state index in [1.165, 1.54) is 14.8 Å². The van der Waals surface area contributed by atoms with Crippen molar-refractivity contribution >= 4 is 59.1 Å². The summed E-state index contributed by atoms with van der Waals surface area (Å²) >= 11 is 1.77. The van der Waals surface area contributed by atoms with Gasteiger partial charge in [0, 0.05) is 42.1 Å². The fraction of sp³-hybridized carbons (Fsp3) is 0. The fourth-order valence-corrected chi connectivity index (χ4v) is 7.38. The van der Waals surface area contributed by atoms with E-state index in [9.17, 15) is 0 Å². The monoisotopic (exact) mass is 606 g/mol. The van der Waals surface area contributed by atoms with Gasteiger partial charge in [0.25, 0.3) is 0 Å². The highest BCUT2D eigenvalue weighted by molar-refractivity contribution is 7.25. The molecule has 3 heterocycles. The lowest BCUT2D eigenvalue weighted by molar-refractivity contribution is 0.669. The molecule has 0 aliphatic carbocycles. The van der Waals surface area contributed by atoms with Crippen molar-refractivity contribution < 1.29 is 4.42 Å². The molecule has 0 radical (unpaired) electrons. The van der Waals surface area contributed by atoms with Crippen LogP contribution in [0.4, 0.5) is 5.69 Å². The largest absolute Gasteiger partial charge is 0.455 e. The Balaban J connectivity index is 1.39. The number of para-hydroxylation sites is 1. The lowest BCUT2D eigenvalue weighted by atomic mass is 9.96. The summed E-state index contributed by atoms with van der Waals surface area (Å²) < 4.78 is 9.01. The van der Waals surface area contributed by atoms with E-state index in [-0.39, 0.29) is 0 Å². The maximum Gasteiger partial charge on any atom is 0.187 e. The summed E-state index contributed by atoms with van der Waals surface area (Å²) in [7, 11) is 0. The minimum absolute atomic E-state index is 0.523. The van der Waals surface area contributed by atoms with Gasteiger partial charge in [-0.05, 0) is 35.4 Å². The van der Waals surface area contributed by atoms with E-state index >= 15 is 0 Å². The molecule has 3 aromatic heterocycles. The van der Waals surface area contributed by atoms with Crippen LogP contribution in [0.1, 0.15) is 0 Å². The van der Waals surface area contributed by atoms with E-state index in [2.05, 4.69) is 65.5 Å². The minimum atomic E-state index is 0.523. The van der Waals surface area contributed by atoms with E-state index in [1.54, 1.807) is 11.3 Å². The van der Waals surface area contributed by atoms with Crippen molar-refractivity contribution in [3.8, 4) is 45.3 Å². The smallest absolute Gasteiger partial charge is 0.187 e. The average Bonchev–Trinajstić information content (AvgIpc) is 3.70. The summed E-state index contributed by atoms with van der Waals surface area (Å²) in [6, 6.07) is 44.7. The summed E-state index contributed by atoms with van der Waals surface area (Å²) in [5.41, 5.74) is 6.59. The van der Waals surface area contributed by atoms with Crippen molar-refractivity contribution in [2.75, 3.05) is 0 Å². The molecule has 0 N–H and O–H groups in total. The Bertz CT molecular complexity index is 2650. The van der Waals surface area contributed by atoms with Crippen LogP contribution in [0.2, 0.25) is 0 Å². The molecule has 6 aromatic carbocycles. The molecule has 0 unspecified atom stereocenters. The maximum atomic E-state index is 7.46. The molecule has 0 bridgehead atoms. The van der Waals surface area contributed by atoms with Crippen molar-refractivity contribution in [3.63, 3.8) is 0 Å². The molecule has 0 fully saturated rings. The van der Waals surface area contributed by atoms with Gasteiger partial charge in [-0.2, -0.15) is 0 Å². The van der Waals surface area contributed by atoms with E-state index in [4.69, 9.17) is 25.9 Å². The van der Waals surface area contributed by atoms with Gasteiger partial charge in [-0.25, -0.2) is 19.8 Å². The maximum absolute atomic E-state index is 7.46. The molecule has 9 aromatic rings. The first-order valence-corrected chi connectivity index (χ1v) is 15.7. The number of benzene rings is 6. The molecule has 0 atom stereocenters. The Morgan fingerprint density at radius 2 is 1.24 bits per heavy atom. The minimum Gasteiger partial charge on any atom is -0.455 e. The number of furan rings is 1. The van der Waals surface area contributed by atoms with Gasteiger partial charge in [0.15, 0.2) is 23.2 Å². The quantitative estimate of drug-likeness (QED) is 0.187. The molecule has 0 saturated heterocycles. The van der Waals surface area contributed by atoms with Crippen LogP contribution in [0.3, 0.4) is 0 Å². The SMILES string of the molecule is [C-]#[N+]c1ccc(-c2ccc3c(oc4ccccc43)c2-c2nc(-c3ccccc3)nc(-c3cccc4sc5ccccc5c34)n2)cc1. The standard InChI is InChI=1S/C40H22N4OS/c1-41-26-20-18-24(19-21-26)27-22-23-29-28-12-5-7-15-32(28)45-37(29)36(27)40-43-38(25-10-3-2-4-11-25)42-39(44-40)31-14-9-17-34-35(31)30-13-6-8-16-33(30)46-34/h2-23H. The van der Waals surface area contributed by atoms with Crippen LogP contribution >= 0.6 is 11.3 Å². The highest BCUT2D eigenvalue weighted by atomic mass is 32.1. The van der Waals surface area contributed by atoms with Gasteiger partial charge in [0.05, 0.1) is 12.1 Å². The van der Waals surface area contributed by atoms with Crippen LogP contribution < -0.4 is 0 Å². The zero-order valence-electron chi connectivity index (χ0n) is 24.3. The van der Waals surface area contributed by atoms with Gasteiger partial charge in [-0.1, -0.05) is 109 Å². The summed E-state index contributed by atoms with van der Waals surface area (Å²) in [4.78, 5) is 19.1. The summed E-state index contributed by atoms with van der Waals surface area (Å²) in [6.07, 6.45) is 0. The third-order valence-electron chi connectivity index (χ3n) is 8.39. The fourth-order valence-electron chi connectivity index (χ4n) is 6.25. The van der Waals surface area contributed by atoms with Gasteiger partial charge in [0.1, 0.15) is 11.2 Å². The van der Waals surface area contributed by atoms with E-state index in [0.717, 1.165) is 49.6 Å². The van der Waals surface area contributed by atoms with E-state index in [1.807, 2.05) is 72.8 Å². The molecule has 214 valence electrons. The van der Waals surface area contributed by atoms with Crippen molar-refractivity contribution in [2.24, 2.45) is 0 Å². The highest BCUT2D eigenvalue weighted by Gasteiger charge is 2.23. The third kappa shape index (κ3) is 4.18. The zero-order chi connectivity index (χ0) is 30.6. The van der Waals surface area contributed by atoms with Crippen LogP contribution in [-0.2, 0) is 0 Å². The Morgan fingerprint density at radius 3 is 2.09 bits per heavy atom. The van der Waals surface area contributed by atoms with Gasteiger partial charge >= 0.3 is 0 Å². The van der Waals surface area contributed by atoms with Gasteiger partial charge < -0.3 is 4.42 Å². The predicted octanol–water partition coefficient (Wildman–Crippen LogP) is 11.4. The first-order chi connectivity index (χ1) is 22.7. The Hall–Kier alpha value is -6.16. The topological polar surface area (TPSA) is 56.2 Å². The Kier molecular flexibility index (Phi) is 5.98. The molecule has 0 saturated carbocycles. The lowest BCUT2D eigenvalue weighted by Crippen LogP contribution is -2.01. The van der Waals surface area contributed by atoms with E-state index < -0.39 is 0 Å². The number of fused-ring (bicyclic) bond motifs is 6. The van der Waals surface area contributed by atoms with Crippen molar-refractivity contribution in [1.82, 2.24) is 15.0 Å². The van der Waals surface area contributed by atoms with Crippen molar-refractivity contribution in [3.05, 3.63) is 145 Å². The van der Waals surface area contributed by atoms with Gasteiger partial charge in [-0.3, -0.25) is 0 Å². The number of rotatable bonds is 4. The molecule has 5 nitrogen and oxygen atoms in total. The second-order valence-corrected chi connectivity index (χ2v) is 12.2. The van der Waals surface area contributed by atoms with Crippen molar-refractivity contribution in [1.29, 1.82) is 0 Å². The first-order valence-electron chi connectivity index (χ1n) is 14.9. The Morgan fingerprint density at radius 1 is 0.522 bits per heavy atom. The van der Waals surface area contributed by atoms with Crippen LogP contribution in [0.15, 0.2) is 138 Å². The number of hydrogen-bond donors (Lipinski definition) is 0. The molecule has 0 amide bonds. The average molecular weight is 607 g/mol. The second kappa shape index (κ2) is 10.5. The van der Waals surface area contributed by atoms with Gasteiger partial charge in [0.2, 0.25) is 0 Å². The van der Waals surface area contributed by atoms with Crippen LogP contribution in [0.25, 0.3) is 92.2 Å². The molecule has 0 aliphatic heterocycles. The first kappa shape index (κ1) is 26.3. The number of thiophene rings is 1. The molecule has 6 heteroatoms. The molecular weight excluding hydrogens is 585 g/mol. The molecule has 0 spiro atoms. The zero-order valence-corrected chi connectivity index (χ0v) is 25.1. The molecule has 9 rings (SSSR count). The van der Waals surface area contributed by atoms with E-state index in [0.29, 0.717) is 28.7 Å². The van der Waals surface area contributed by atoms with Crippen LogP contribution in [0.5, 0.6) is 0 Å². The lowest BCUT2D eigenvalue weighted by Gasteiger charge is -2.13. The third-order valence-corrected chi connectivity index (χ3v) is 9.52. The molecular formula is C40H22N4OS. The number of aromatic nitrogens is 3. The highest BCUT2D eigenvalue weighted by Crippen LogP contribution is 2.43. The summed E-state index contributed by atoms with van der Waals surface area (Å²) in [5, 5.41) is 4.33. The summed E-state index contributed by atoms with van der Waals surface area (Å²) in [5.74, 6) is 1.70. The van der Waals surface area contributed by atoms with Crippen LogP contribution in [-0.4, -0.2) is 15.0 Å². The molecule has 46 heavy (non-hydrogen) atoms. The Labute approximate surface area is 267 Å². The van der Waals surface area contributed by atoms with Crippen molar-refractivity contribution in [2.45, 2.75) is 0 Å². The number of nitrogens with zero attached hydrogens (tertiary/aromatic N) is 4. The molecule has 0 aliphatic rings. The number of hydrogen-bond acceptors (Lipinski definition) is 5. The second-order valence-electron chi connectivity index (χ2n) is 11.1. The predicted molar refractivity (Wildman–Crippen MR) is 188 cm³/mol. The van der Waals surface area contributed by atoms with Crippen LogP contribution in [0, 0.1) is 6.57 Å².